The van der Waals surface area contributed by atoms with Gasteiger partial charge in [-0.1, -0.05) is 30.3 Å². The molecule has 0 bridgehead atoms. The summed E-state index contributed by atoms with van der Waals surface area (Å²) in [7, 11) is 1.75. The van der Waals surface area contributed by atoms with Gasteiger partial charge in [0, 0.05) is 30.1 Å². The highest BCUT2D eigenvalue weighted by atomic mass is 32.1. The molecular formula is C25H20F2N2O2S. The number of aromatic nitrogens is 1. The summed E-state index contributed by atoms with van der Waals surface area (Å²) < 4.78 is 32.6. The van der Waals surface area contributed by atoms with Crippen molar-refractivity contribution < 1.29 is 18.3 Å². The minimum Gasteiger partial charge on any atom is -0.489 e. The third kappa shape index (κ3) is 5.18. The van der Waals surface area contributed by atoms with Crippen molar-refractivity contribution in [3.63, 3.8) is 0 Å². The number of ether oxygens (including phenoxy) is 1. The number of carbonyl (C=O) groups is 1. The van der Waals surface area contributed by atoms with Gasteiger partial charge in [0.25, 0.3) is 5.91 Å². The second kappa shape index (κ2) is 9.70. The van der Waals surface area contributed by atoms with Crippen LogP contribution >= 0.6 is 11.3 Å². The van der Waals surface area contributed by atoms with Gasteiger partial charge in [0.1, 0.15) is 34.7 Å². The first-order valence-electron chi connectivity index (χ1n) is 9.91. The maximum atomic E-state index is 13.7. The lowest BCUT2D eigenvalue weighted by molar-refractivity contribution is 0.0780. The van der Waals surface area contributed by atoms with Crippen LogP contribution in [0.1, 0.15) is 21.6 Å². The minimum absolute atomic E-state index is 0.0768. The van der Waals surface area contributed by atoms with Crippen LogP contribution in [0.25, 0.3) is 10.6 Å². The molecule has 162 valence electrons. The molecule has 7 heteroatoms. The zero-order valence-corrected chi connectivity index (χ0v) is 18.1. The van der Waals surface area contributed by atoms with Crippen molar-refractivity contribution >= 4 is 17.2 Å². The summed E-state index contributed by atoms with van der Waals surface area (Å²) in [6, 6.07) is 20.1. The van der Waals surface area contributed by atoms with E-state index < -0.39 is 11.6 Å². The van der Waals surface area contributed by atoms with Crippen molar-refractivity contribution in [2.75, 3.05) is 7.05 Å². The summed E-state index contributed by atoms with van der Waals surface area (Å²) in [6.07, 6.45) is 0. The summed E-state index contributed by atoms with van der Waals surface area (Å²) in [5.41, 5.74) is 2.43. The van der Waals surface area contributed by atoms with Crippen LogP contribution < -0.4 is 4.74 Å². The molecule has 32 heavy (non-hydrogen) atoms. The largest absolute Gasteiger partial charge is 0.489 e. The lowest BCUT2D eigenvalue weighted by Gasteiger charge is -2.15. The lowest BCUT2D eigenvalue weighted by Crippen LogP contribution is -2.26. The first-order chi connectivity index (χ1) is 15.5. The summed E-state index contributed by atoms with van der Waals surface area (Å²) >= 11 is 1.38. The molecule has 0 aliphatic heterocycles. The van der Waals surface area contributed by atoms with Crippen molar-refractivity contribution in [3.8, 4) is 16.3 Å². The SMILES string of the molecule is CN(Cc1ccccc1)C(=O)c1csc(-c2ccc(OCc3cc(F)ccc3F)cc2)n1. The molecule has 0 saturated heterocycles. The van der Waals surface area contributed by atoms with Crippen LogP contribution in [0, 0.1) is 11.6 Å². The molecule has 0 atom stereocenters. The van der Waals surface area contributed by atoms with Gasteiger partial charge >= 0.3 is 0 Å². The van der Waals surface area contributed by atoms with Crippen molar-refractivity contribution in [3.05, 3.63) is 107 Å². The number of hydrogen-bond donors (Lipinski definition) is 0. The first kappa shape index (κ1) is 21.6. The van der Waals surface area contributed by atoms with Gasteiger partial charge in [-0.25, -0.2) is 13.8 Å². The third-order valence-corrected chi connectivity index (χ3v) is 5.73. The Balaban J connectivity index is 1.39. The van der Waals surface area contributed by atoms with E-state index in [0.29, 0.717) is 23.0 Å². The zero-order valence-electron chi connectivity index (χ0n) is 17.3. The number of rotatable bonds is 7. The topological polar surface area (TPSA) is 42.4 Å². The molecule has 4 aromatic rings. The summed E-state index contributed by atoms with van der Waals surface area (Å²) in [5, 5.41) is 2.46. The fourth-order valence-corrected chi connectivity index (χ4v) is 3.94. The Morgan fingerprint density at radius 3 is 2.53 bits per heavy atom. The van der Waals surface area contributed by atoms with E-state index in [2.05, 4.69) is 4.98 Å². The Morgan fingerprint density at radius 2 is 1.78 bits per heavy atom. The number of nitrogens with zero attached hydrogens (tertiary/aromatic N) is 2. The monoisotopic (exact) mass is 450 g/mol. The maximum Gasteiger partial charge on any atom is 0.273 e. The van der Waals surface area contributed by atoms with Gasteiger partial charge in [-0.15, -0.1) is 11.3 Å². The first-order valence-corrected chi connectivity index (χ1v) is 10.8. The van der Waals surface area contributed by atoms with E-state index in [1.54, 1.807) is 29.5 Å². The smallest absolute Gasteiger partial charge is 0.273 e. The van der Waals surface area contributed by atoms with Crippen molar-refractivity contribution in [2.45, 2.75) is 13.2 Å². The van der Waals surface area contributed by atoms with Crippen LogP contribution in [0.15, 0.2) is 78.2 Å². The molecular weight excluding hydrogens is 430 g/mol. The fraction of sp³-hybridized carbons (Fsp3) is 0.120. The Kier molecular flexibility index (Phi) is 6.56. The maximum absolute atomic E-state index is 13.7. The fourth-order valence-electron chi connectivity index (χ4n) is 3.14. The van der Waals surface area contributed by atoms with E-state index >= 15 is 0 Å². The van der Waals surface area contributed by atoms with Gasteiger partial charge in [-0.05, 0) is 48.0 Å². The Bertz CT molecular complexity index is 1210. The molecule has 0 radical (unpaired) electrons. The van der Waals surface area contributed by atoms with E-state index in [-0.39, 0.29) is 18.1 Å². The predicted molar refractivity (Wildman–Crippen MR) is 120 cm³/mol. The van der Waals surface area contributed by atoms with Gasteiger partial charge in [-0.2, -0.15) is 0 Å². The summed E-state index contributed by atoms with van der Waals surface area (Å²) in [5.74, 6) is -0.648. The molecule has 1 aromatic heterocycles. The average molecular weight is 451 g/mol. The third-order valence-electron chi connectivity index (χ3n) is 4.84. The molecule has 4 rings (SSSR count). The van der Waals surface area contributed by atoms with Crippen LogP contribution in [0.4, 0.5) is 8.78 Å². The van der Waals surface area contributed by atoms with Crippen LogP contribution in [-0.2, 0) is 13.2 Å². The van der Waals surface area contributed by atoms with Crippen LogP contribution in [0.5, 0.6) is 5.75 Å². The molecule has 3 aromatic carbocycles. The molecule has 0 aliphatic carbocycles. The van der Waals surface area contributed by atoms with Crippen molar-refractivity contribution in [1.82, 2.24) is 9.88 Å². The van der Waals surface area contributed by atoms with Gasteiger partial charge in [0.15, 0.2) is 0 Å². The van der Waals surface area contributed by atoms with Crippen LogP contribution in [0.3, 0.4) is 0 Å². The molecule has 4 nitrogen and oxygen atoms in total. The average Bonchev–Trinajstić information content (AvgIpc) is 3.30. The highest BCUT2D eigenvalue weighted by Gasteiger charge is 2.16. The van der Waals surface area contributed by atoms with Crippen molar-refractivity contribution in [1.29, 1.82) is 0 Å². The highest BCUT2D eigenvalue weighted by Crippen LogP contribution is 2.27. The summed E-state index contributed by atoms with van der Waals surface area (Å²) in [6.45, 7) is 0.428. The molecule has 0 N–H and O–H groups in total. The van der Waals surface area contributed by atoms with Crippen molar-refractivity contribution in [2.24, 2.45) is 0 Å². The van der Waals surface area contributed by atoms with Gasteiger partial charge in [0.05, 0.1) is 0 Å². The Morgan fingerprint density at radius 1 is 1.03 bits per heavy atom. The van der Waals surface area contributed by atoms with Gasteiger partial charge in [0.2, 0.25) is 0 Å². The zero-order chi connectivity index (χ0) is 22.5. The van der Waals surface area contributed by atoms with E-state index in [4.69, 9.17) is 4.74 Å². The van der Waals surface area contributed by atoms with Crippen LogP contribution in [0.2, 0.25) is 0 Å². The Labute approximate surface area is 188 Å². The predicted octanol–water partition coefficient (Wildman–Crippen LogP) is 5.94. The molecule has 1 heterocycles. The second-order valence-corrected chi connectivity index (χ2v) is 8.09. The standard InChI is InChI=1S/C25H20F2N2O2S/c1-29(14-17-5-3-2-4-6-17)25(30)23-16-32-24(28-23)18-7-10-21(11-8-18)31-15-19-13-20(26)9-12-22(19)27/h2-13,16H,14-15H2,1H3. The number of halogens is 2. The Hall–Kier alpha value is -3.58. The molecule has 0 fully saturated rings. The molecule has 0 spiro atoms. The number of carbonyl (C=O) groups excluding carboxylic acids is 1. The minimum atomic E-state index is -0.514. The quantitative estimate of drug-likeness (QED) is 0.350. The lowest BCUT2D eigenvalue weighted by atomic mass is 10.2. The number of benzene rings is 3. The number of amides is 1. The number of hydrogen-bond acceptors (Lipinski definition) is 4. The van der Waals surface area contributed by atoms with Gasteiger partial charge < -0.3 is 9.64 Å². The molecule has 1 amide bonds. The van der Waals surface area contributed by atoms with Gasteiger partial charge in [-0.3, -0.25) is 4.79 Å². The number of thiazole rings is 1. The van der Waals surface area contributed by atoms with E-state index in [0.717, 1.165) is 29.3 Å². The highest BCUT2D eigenvalue weighted by molar-refractivity contribution is 7.13. The molecule has 0 aliphatic rings. The summed E-state index contributed by atoms with van der Waals surface area (Å²) in [4.78, 5) is 18.8. The molecule has 0 unspecified atom stereocenters. The van der Waals surface area contributed by atoms with Crippen LogP contribution in [-0.4, -0.2) is 22.8 Å². The van der Waals surface area contributed by atoms with E-state index in [1.807, 2.05) is 42.5 Å². The van der Waals surface area contributed by atoms with E-state index in [9.17, 15) is 13.6 Å². The second-order valence-electron chi connectivity index (χ2n) is 7.23. The molecule has 0 saturated carbocycles. The van der Waals surface area contributed by atoms with E-state index in [1.165, 1.54) is 11.3 Å². The normalized spacial score (nSPS) is 10.7.